The van der Waals surface area contributed by atoms with E-state index in [4.69, 9.17) is 10.5 Å². The first-order chi connectivity index (χ1) is 10.1. The minimum Gasteiger partial charge on any atom is -0.497 e. The summed E-state index contributed by atoms with van der Waals surface area (Å²) < 4.78 is 5.33. The van der Waals surface area contributed by atoms with Crippen molar-refractivity contribution >= 4 is 0 Å². The van der Waals surface area contributed by atoms with Crippen LogP contribution in [-0.2, 0) is 6.42 Å². The van der Waals surface area contributed by atoms with Crippen molar-refractivity contribution in [2.24, 2.45) is 17.6 Å². The third-order valence-electron chi connectivity index (χ3n) is 5.50. The van der Waals surface area contributed by atoms with Crippen molar-refractivity contribution < 1.29 is 4.74 Å². The molecule has 0 spiro atoms. The van der Waals surface area contributed by atoms with Gasteiger partial charge in [0.2, 0.25) is 0 Å². The van der Waals surface area contributed by atoms with Crippen LogP contribution in [0.3, 0.4) is 0 Å². The van der Waals surface area contributed by atoms with Crippen LogP contribution in [0.5, 0.6) is 5.75 Å². The molecule has 3 nitrogen and oxygen atoms in total. The summed E-state index contributed by atoms with van der Waals surface area (Å²) in [5.41, 5.74) is 9.29. The zero-order valence-corrected chi connectivity index (χ0v) is 13.5. The van der Waals surface area contributed by atoms with Crippen LogP contribution < -0.4 is 10.5 Å². The van der Waals surface area contributed by atoms with Gasteiger partial charge in [0.05, 0.1) is 7.11 Å². The van der Waals surface area contributed by atoms with Gasteiger partial charge in [-0.2, -0.15) is 0 Å². The third-order valence-corrected chi connectivity index (χ3v) is 5.50. The SMILES string of the molecule is COc1ccc2c(c1)CCC(N1CCC(C(C)C)C1)C2N. The van der Waals surface area contributed by atoms with Gasteiger partial charge in [-0.05, 0) is 60.9 Å². The largest absolute Gasteiger partial charge is 0.497 e. The number of fused-ring (bicyclic) bond motifs is 1. The van der Waals surface area contributed by atoms with Crippen molar-refractivity contribution in [2.45, 2.75) is 45.2 Å². The number of nitrogens with zero attached hydrogens (tertiary/aromatic N) is 1. The molecular weight excluding hydrogens is 260 g/mol. The number of rotatable bonds is 3. The van der Waals surface area contributed by atoms with Crippen molar-refractivity contribution in [1.82, 2.24) is 4.90 Å². The molecule has 1 aliphatic carbocycles. The summed E-state index contributed by atoms with van der Waals surface area (Å²) >= 11 is 0. The van der Waals surface area contributed by atoms with E-state index in [9.17, 15) is 0 Å². The third kappa shape index (κ3) is 2.82. The molecular formula is C18H28N2O. The van der Waals surface area contributed by atoms with Gasteiger partial charge < -0.3 is 10.5 Å². The second-order valence-electron chi connectivity index (χ2n) is 6.98. The highest BCUT2D eigenvalue weighted by Gasteiger charge is 2.35. The van der Waals surface area contributed by atoms with Crippen LogP contribution >= 0.6 is 0 Å². The van der Waals surface area contributed by atoms with E-state index < -0.39 is 0 Å². The maximum Gasteiger partial charge on any atom is 0.119 e. The summed E-state index contributed by atoms with van der Waals surface area (Å²) in [7, 11) is 1.73. The van der Waals surface area contributed by atoms with E-state index >= 15 is 0 Å². The van der Waals surface area contributed by atoms with Gasteiger partial charge in [-0.3, -0.25) is 4.90 Å². The fourth-order valence-electron chi connectivity index (χ4n) is 4.01. The maximum atomic E-state index is 6.60. The summed E-state index contributed by atoms with van der Waals surface area (Å²) in [5.74, 6) is 2.57. The summed E-state index contributed by atoms with van der Waals surface area (Å²) in [6.45, 7) is 7.13. The highest BCUT2D eigenvalue weighted by atomic mass is 16.5. The van der Waals surface area contributed by atoms with Gasteiger partial charge in [-0.1, -0.05) is 19.9 Å². The number of hydrogen-bond acceptors (Lipinski definition) is 3. The second kappa shape index (κ2) is 5.98. The molecule has 1 saturated heterocycles. The van der Waals surface area contributed by atoms with Gasteiger partial charge in [-0.15, -0.1) is 0 Å². The molecule has 21 heavy (non-hydrogen) atoms. The fraction of sp³-hybridized carbons (Fsp3) is 0.667. The van der Waals surface area contributed by atoms with E-state index in [1.54, 1.807) is 7.11 Å². The fourth-order valence-corrected chi connectivity index (χ4v) is 4.01. The Labute approximate surface area is 128 Å². The zero-order chi connectivity index (χ0) is 15.0. The highest BCUT2D eigenvalue weighted by molar-refractivity contribution is 5.40. The van der Waals surface area contributed by atoms with Gasteiger partial charge in [0, 0.05) is 18.6 Å². The van der Waals surface area contributed by atoms with Gasteiger partial charge in [0.15, 0.2) is 0 Å². The predicted octanol–water partition coefficient (Wildman–Crippen LogP) is 2.99. The molecule has 0 saturated carbocycles. The molecule has 1 aromatic carbocycles. The Morgan fingerprint density at radius 3 is 2.76 bits per heavy atom. The monoisotopic (exact) mass is 288 g/mol. The number of hydrogen-bond donors (Lipinski definition) is 1. The molecule has 2 aliphatic rings. The summed E-state index contributed by atoms with van der Waals surface area (Å²) in [5, 5.41) is 0. The highest BCUT2D eigenvalue weighted by Crippen LogP contribution is 2.36. The number of aryl methyl sites for hydroxylation is 1. The van der Waals surface area contributed by atoms with Crippen LogP contribution in [0.25, 0.3) is 0 Å². The first kappa shape index (κ1) is 14.9. The van der Waals surface area contributed by atoms with Crippen LogP contribution in [-0.4, -0.2) is 31.1 Å². The normalized spacial score (nSPS) is 29.7. The summed E-state index contributed by atoms with van der Waals surface area (Å²) in [4.78, 5) is 2.64. The Morgan fingerprint density at radius 2 is 2.10 bits per heavy atom. The molecule has 3 atom stereocenters. The van der Waals surface area contributed by atoms with Crippen LogP contribution in [0, 0.1) is 11.8 Å². The maximum absolute atomic E-state index is 6.60. The average Bonchev–Trinajstić information content (AvgIpc) is 2.97. The number of nitrogens with two attached hydrogens (primary N) is 1. The molecule has 3 unspecified atom stereocenters. The van der Waals surface area contributed by atoms with Crippen LogP contribution in [0.4, 0.5) is 0 Å². The van der Waals surface area contributed by atoms with Gasteiger partial charge in [-0.25, -0.2) is 0 Å². The van der Waals surface area contributed by atoms with E-state index in [0.717, 1.165) is 24.0 Å². The Balaban J connectivity index is 1.75. The Hall–Kier alpha value is -1.06. The average molecular weight is 288 g/mol. The smallest absolute Gasteiger partial charge is 0.119 e. The van der Waals surface area contributed by atoms with Crippen molar-refractivity contribution in [3.63, 3.8) is 0 Å². The van der Waals surface area contributed by atoms with Crippen molar-refractivity contribution in [2.75, 3.05) is 20.2 Å². The first-order valence-corrected chi connectivity index (χ1v) is 8.26. The van der Waals surface area contributed by atoms with Crippen molar-refractivity contribution in [3.05, 3.63) is 29.3 Å². The molecule has 3 rings (SSSR count). The Kier molecular flexibility index (Phi) is 4.23. The van der Waals surface area contributed by atoms with Crippen LogP contribution in [0.1, 0.15) is 43.9 Å². The lowest BCUT2D eigenvalue weighted by molar-refractivity contribution is 0.179. The molecule has 1 heterocycles. The first-order valence-electron chi connectivity index (χ1n) is 8.26. The van der Waals surface area contributed by atoms with Crippen molar-refractivity contribution in [3.8, 4) is 5.75 Å². The van der Waals surface area contributed by atoms with E-state index in [0.29, 0.717) is 6.04 Å². The zero-order valence-electron chi connectivity index (χ0n) is 13.5. The Morgan fingerprint density at radius 1 is 1.29 bits per heavy atom. The number of benzene rings is 1. The number of methoxy groups -OCH3 is 1. The predicted molar refractivity (Wildman–Crippen MR) is 86.5 cm³/mol. The minimum atomic E-state index is 0.144. The number of likely N-dealkylation sites (tertiary alicyclic amines) is 1. The molecule has 116 valence electrons. The molecule has 0 radical (unpaired) electrons. The molecule has 1 fully saturated rings. The van der Waals surface area contributed by atoms with E-state index in [1.165, 1.54) is 37.1 Å². The topological polar surface area (TPSA) is 38.5 Å². The summed E-state index contributed by atoms with van der Waals surface area (Å²) in [6.07, 6.45) is 3.62. The lowest BCUT2D eigenvalue weighted by atomic mass is 9.83. The molecule has 0 amide bonds. The Bertz CT molecular complexity index is 500. The van der Waals surface area contributed by atoms with Crippen molar-refractivity contribution in [1.29, 1.82) is 0 Å². The lowest BCUT2D eigenvalue weighted by Crippen LogP contribution is -2.44. The van der Waals surface area contributed by atoms with Gasteiger partial charge >= 0.3 is 0 Å². The van der Waals surface area contributed by atoms with E-state index in [-0.39, 0.29) is 6.04 Å². The van der Waals surface area contributed by atoms with E-state index in [1.807, 2.05) is 6.07 Å². The van der Waals surface area contributed by atoms with Crippen LogP contribution in [0.15, 0.2) is 18.2 Å². The van der Waals surface area contributed by atoms with Gasteiger partial charge in [0.25, 0.3) is 0 Å². The molecule has 0 aromatic heterocycles. The molecule has 1 aliphatic heterocycles. The van der Waals surface area contributed by atoms with Gasteiger partial charge in [0.1, 0.15) is 5.75 Å². The molecule has 2 N–H and O–H groups in total. The van der Waals surface area contributed by atoms with E-state index in [2.05, 4.69) is 30.9 Å². The number of ether oxygens (including phenoxy) is 1. The standard InChI is InChI=1S/C18H28N2O/c1-12(2)14-8-9-20(11-14)17-7-4-13-10-15(21-3)5-6-16(13)18(17)19/h5-6,10,12,14,17-18H,4,7-9,11,19H2,1-3H3. The van der Waals surface area contributed by atoms with Crippen LogP contribution in [0.2, 0.25) is 0 Å². The molecule has 1 aromatic rings. The molecule has 0 bridgehead atoms. The second-order valence-corrected chi connectivity index (χ2v) is 6.98. The quantitative estimate of drug-likeness (QED) is 0.929. The minimum absolute atomic E-state index is 0.144. The summed E-state index contributed by atoms with van der Waals surface area (Å²) in [6, 6.07) is 7.02. The lowest BCUT2D eigenvalue weighted by Gasteiger charge is -2.37. The molecule has 3 heteroatoms.